The standard InChI is InChI=1S/C12H16O5.2C7H6O2/c13-6-10(7-14)11(8-15)17-12(16)9-4-2-1-3-5-9;2*8-7(9)6-4-2-1-3-5-6/h1-5,10-11,13-15H,6-8H2;2*1-5H,(H,8,9)/p-2. The number of rotatable bonds is 8. The Morgan fingerprint density at radius 3 is 1.20 bits per heavy atom. The summed E-state index contributed by atoms with van der Waals surface area (Å²) in [6.45, 7) is -1.15. The molecule has 0 saturated carbocycles. The minimum atomic E-state index is -1.13. The van der Waals surface area contributed by atoms with Crippen molar-refractivity contribution in [1.82, 2.24) is 0 Å². The van der Waals surface area contributed by atoms with Crippen LogP contribution in [-0.4, -0.2) is 59.2 Å². The number of carboxylic acids is 2. The molecule has 0 heterocycles. The number of benzene rings is 3. The number of esters is 1. The molecule has 3 aromatic rings. The number of aliphatic hydroxyl groups is 3. The van der Waals surface area contributed by atoms with E-state index >= 15 is 0 Å². The van der Waals surface area contributed by atoms with E-state index < -0.39 is 36.5 Å². The Hall–Kier alpha value is -4.05. The number of carboxylic acid groups (broad SMARTS) is 2. The van der Waals surface area contributed by atoms with Gasteiger partial charge in [-0.05, 0) is 23.3 Å². The summed E-state index contributed by atoms with van der Waals surface area (Å²) in [7, 11) is 0. The van der Waals surface area contributed by atoms with Crippen LogP contribution in [0.5, 0.6) is 0 Å². The fourth-order valence-electron chi connectivity index (χ4n) is 2.50. The van der Waals surface area contributed by atoms with Crippen molar-refractivity contribution in [1.29, 1.82) is 0 Å². The molecule has 9 nitrogen and oxygen atoms in total. The van der Waals surface area contributed by atoms with Crippen LogP contribution >= 0.6 is 0 Å². The molecule has 3 N–H and O–H groups in total. The first kappa shape index (κ1) is 29.0. The quantitative estimate of drug-likeness (QED) is 0.372. The molecule has 0 fully saturated rings. The lowest BCUT2D eigenvalue weighted by Gasteiger charge is -2.22. The van der Waals surface area contributed by atoms with Crippen LogP contribution in [-0.2, 0) is 4.74 Å². The Bertz CT molecular complexity index is 955. The lowest BCUT2D eigenvalue weighted by atomic mass is 10.1. The predicted octanol–water partition coefficient (Wildman–Crippen LogP) is -0.0947. The zero-order chi connectivity index (χ0) is 26.1. The lowest BCUT2D eigenvalue weighted by Crippen LogP contribution is -2.34. The summed E-state index contributed by atoms with van der Waals surface area (Å²) in [5.74, 6) is -3.52. The number of hydrogen-bond donors (Lipinski definition) is 3. The first-order chi connectivity index (χ1) is 16.8. The van der Waals surface area contributed by atoms with E-state index in [1.54, 1.807) is 66.7 Å². The summed E-state index contributed by atoms with van der Waals surface area (Å²) in [6, 6.07) is 24.5. The van der Waals surface area contributed by atoms with Crippen LogP contribution in [0.15, 0.2) is 91.0 Å². The molecule has 0 aliphatic rings. The van der Waals surface area contributed by atoms with Gasteiger partial charge in [0.15, 0.2) is 0 Å². The molecular weight excluding hydrogens is 456 g/mol. The topological polar surface area (TPSA) is 167 Å². The van der Waals surface area contributed by atoms with Gasteiger partial charge in [0.25, 0.3) is 0 Å². The predicted molar refractivity (Wildman–Crippen MR) is 122 cm³/mol. The number of aromatic carboxylic acids is 2. The molecule has 9 heteroatoms. The Morgan fingerprint density at radius 1 is 0.600 bits per heavy atom. The van der Waals surface area contributed by atoms with E-state index in [0.29, 0.717) is 5.56 Å². The number of ether oxygens (including phenoxy) is 1. The van der Waals surface area contributed by atoms with Crippen molar-refractivity contribution in [2.75, 3.05) is 19.8 Å². The van der Waals surface area contributed by atoms with Gasteiger partial charge in [-0.1, -0.05) is 78.9 Å². The van der Waals surface area contributed by atoms with Gasteiger partial charge in [-0.2, -0.15) is 0 Å². The lowest BCUT2D eigenvalue weighted by molar-refractivity contribution is -0.256. The molecule has 1 atom stereocenters. The first-order valence-electron chi connectivity index (χ1n) is 10.4. The Balaban J connectivity index is 0.000000286. The molecule has 0 aromatic heterocycles. The maximum atomic E-state index is 11.7. The van der Waals surface area contributed by atoms with E-state index in [0.717, 1.165) is 0 Å². The van der Waals surface area contributed by atoms with Crippen molar-refractivity contribution in [3.8, 4) is 0 Å². The van der Waals surface area contributed by atoms with Gasteiger partial charge in [0.05, 0.1) is 37.3 Å². The van der Waals surface area contributed by atoms with E-state index in [9.17, 15) is 24.6 Å². The molecule has 186 valence electrons. The van der Waals surface area contributed by atoms with Gasteiger partial charge in [-0.25, -0.2) is 4.79 Å². The van der Waals surface area contributed by atoms with Crippen LogP contribution in [0.1, 0.15) is 31.1 Å². The van der Waals surface area contributed by atoms with Gasteiger partial charge in [-0.15, -0.1) is 0 Å². The van der Waals surface area contributed by atoms with E-state index in [4.69, 9.17) is 20.1 Å². The third-order valence-corrected chi connectivity index (χ3v) is 4.46. The number of hydrogen-bond acceptors (Lipinski definition) is 9. The molecule has 0 radical (unpaired) electrons. The second-order valence-electron chi connectivity index (χ2n) is 6.92. The van der Waals surface area contributed by atoms with Crippen molar-refractivity contribution in [3.63, 3.8) is 0 Å². The third kappa shape index (κ3) is 11.1. The largest absolute Gasteiger partial charge is 0.545 e. The van der Waals surface area contributed by atoms with Gasteiger partial charge in [0.2, 0.25) is 0 Å². The van der Waals surface area contributed by atoms with Crippen LogP contribution < -0.4 is 10.2 Å². The number of carbonyl (C=O) groups excluding carboxylic acids is 3. The minimum Gasteiger partial charge on any atom is -0.545 e. The Kier molecular flexibility index (Phi) is 13.7. The SMILES string of the molecule is O=C(OC(CO)C(CO)CO)c1ccccc1.O=C([O-])c1ccccc1.O=C([O-])c1ccccc1. The molecule has 35 heavy (non-hydrogen) atoms. The second kappa shape index (κ2) is 16.5. The molecule has 1 unspecified atom stereocenters. The highest BCUT2D eigenvalue weighted by atomic mass is 16.6. The molecule has 0 spiro atoms. The summed E-state index contributed by atoms with van der Waals surface area (Å²) in [6.07, 6.45) is -0.905. The third-order valence-electron chi connectivity index (χ3n) is 4.46. The molecule has 3 rings (SSSR count). The molecule has 0 saturated heterocycles. The highest BCUT2D eigenvalue weighted by Gasteiger charge is 2.24. The summed E-state index contributed by atoms with van der Waals surface area (Å²) >= 11 is 0. The van der Waals surface area contributed by atoms with E-state index in [2.05, 4.69) is 0 Å². The highest BCUT2D eigenvalue weighted by Crippen LogP contribution is 2.10. The molecule has 0 aliphatic carbocycles. The van der Waals surface area contributed by atoms with Crippen molar-refractivity contribution in [3.05, 3.63) is 108 Å². The Labute approximate surface area is 202 Å². The van der Waals surface area contributed by atoms with Crippen LogP contribution in [0.3, 0.4) is 0 Å². The summed E-state index contributed by atoms with van der Waals surface area (Å²) in [5, 5.41) is 47.1. The molecule has 3 aromatic carbocycles. The van der Waals surface area contributed by atoms with Crippen molar-refractivity contribution in [2.45, 2.75) is 6.10 Å². The summed E-state index contributed by atoms with van der Waals surface area (Å²) in [4.78, 5) is 31.8. The molecule has 0 aliphatic heterocycles. The van der Waals surface area contributed by atoms with Crippen molar-refractivity contribution in [2.24, 2.45) is 5.92 Å². The van der Waals surface area contributed by atoms with Crippen molar-refractivity contribution < 1.29 is 44.7 Å². The average molecular weight is 482 g/mol. The minimum absolute atomic E-state index is 0.220. The van der Waals surface area contributed by atoms with Crippen LogP contribution in [0.4, 0.5) is 0 Å². The van der Waals surface area contributed by atoms with Crippen LogP contribution in [0, 0.1) is 5.92 Å². The van der Waals surface area contributed by atoms with E-state index in [-0.39, 0.29) is 24.3 Å². The van der Waals surface area contributed by atoms with Gasteiger partial charge in [0.1, 0.15) is 6.10 Å². The highest BCUT2D eigenvalue weighted by molar-refractivity contribution is 5.89. The second-order valence-corrected chi connectivity index (χ2v) is 6.92. The van der Waals surface area contributed by atoms with Gasteiger partial charge < -0.3 is 39.9 Å². The van der Waals surface area contributed by atoms with Crippen LogP contribution in [0.25, 0.3) is 0 Å². The van der Waals surface area contributed by atoms with Crippen molar-refractivity contribution >= 4 is 17.9 Å². The Morgan fingerprint density at radius 2 is 0.943 bits per heavy atom. The fourth-order valence-corrected chi connectivity index (χ4v) is 2.50. The normalized spacial score (nSPS) is 10.6. The maximum absolute atomic E-state index is 11.7. The molecular formula is C26H26O9-2. The average Bonchev–Trinajstić information content (AvgIpc) is 2.91. The van der Waals surface area contributed by atoms with E-state index in [1.165, 1.54) is 24.3 Å². The first-order valence-corrected chi connectivity index (χ1v) is 10.4. The van der Waals surface area contributed by atoms with E-state index in [1.807, 2.05) is 0 Å². The number of aliphatic hydroxyl groups excluding tert-OH is 3. The zero-order valence-electron chi connectivity index (χ0n) is 18.7. The molecule has 0 bridgehead atoms. The monoisotopic (exact) mass is 482 g/mol. The molecule has 0 amide bonds. The van der Waals surface area contributed by atoms with Gasteiger partial charge >= 0.3 is 5.97 Å². The smallest absolute Gasteiger partial charge is 0.338 e. The number of carbonyl (C=O) groups is 3. The van der Waals surface area contributed by atoms with Crippen LogP contribution in [0.2, 0.25) is 0 Å². The van der Waals surface area contributed by atoms with Gasteiger partial charge in [0, 0.05) is 5.92 Å². The zero-order valence-corrected chi connectivity index (χ0v) is 18.7. The maximum Gasteiger partial charge on any atom is 0.338 e. The fraction of sp³-hybridized carbons (Fsp3) is 0.192. The van der Waals surface area contributed by atoms with Gasteiger partial charge in [-0.3, -0.25) is 0 Å². The summed E-state index contributed by atoms with van der Waals surface area (Å²) < 4.78 is 5.02. The summed E-state index contributed by atoms with van der Waals surface area (Å²) in [5.41, 5.74) is 0.801.